The molecule has 0 saturated carbocycles. The predicted octanol–water partition coefficient (Wildman–Crippen LogP) is 3.26. The molecule has 21 heavy (non-hydrogen) atoms. The molecule has 0 aliphatic rings. The predicted molar refractivity (Wildman–Crippen MR) is 84.8 cm³/mol. The van der Waals surface area contributed by atoms with Crippen LogP contribution >= 0.6 is 0 Å². The van der Waals surface area contributed by atoms with Crippen LogP contribution in [0.3, 0.4) is 0 Å². The molecule has 0 fully saturated rings. The third-order valence-corrected chi connectivity index (χ3v) is 3.78. The highest BCUT2D eigenvalue weighted by atomic mass is 16.5. The maximum atomic E-state index is 9.60. The van der Waals surface area contributed by atoms with Crippen LogP contribution in [0, 0.1) is 11.3 Å². The Morgan fingerprint density at radius 3 is 2.33 bits per heavy atom. The molecule has 1 atom stereocenters. The van der Waals surface area contributed by atoms with E-state index in [1.807, 2.05) is 32.0 Å². The minimum atomic E-state index is -0.512. The van der Waals surface area contributed by atoms with Gasteiger partial charge in [-0.15, -0.1) is 0 Å². The van der Waals surface area contributed by atoms with Gasteiger partial charge in [-0.2, -0.15) is 5.26 Å². The second kappa shape index (κ2) is 7.90. The van der Waals surface area contributed by atoms with Gasteiger partial charge in [0.1, 0.15) is 5.54 Å². The van der Waals surface area contributed by atoms with Gasteiger partial charge in [0.25, 0.3) is 0 Å². The van der Waals surface area contributed by atoms with Crippen molar-refractivity contribution < 1.29 is 9.47 Å². The van der Waals surface area contributed by atoms with Gasteiger partial charge in [0.05, 0.1) is 19.8 Å². The number of benzene rings is 1. The van der Waals surface area contributed by atoms with Crippen molar-refractivity contribution in [3.8, 4) is 17.6 Å². The number of nitriles is 1. The summed E-state index contributed by atoms with van der Waals surface area (Å²) in [6.45, 7) is 10.4. The van der Waals surface area contributed by atoms with Gasteiger partial charge in [-0.1, -0.05) is 19.9 Å². The number of likely N-dealkylation sites (N-methyl/N-ethyl adjacent to an activating group) is 1. The Morgan fingerprint density at radius 1 is 1.19 bits per heavy atom. The van der Waals surface area contributed by atoms with E-state index >= 15 is 0 Å². The standard InChI is InChI=1S/C17H26N2O2/c1-6-19(7-2)17(4,13-18)12-14-9-10-15(21-8-3)16(11-14)20-5/h9-11H,6-8,12H2,1-5H3. The quantitative estimate of drug-likeness (QED) is 0.737. The zero-order valence-electron chi connectivity index (χ0n) is 13.8. The number of hydrogen-bond acceptors (Lipinski definition) is 4. The molecule has 0 N–H and O–H groups in total. The number of methoxy groups -OCH3 is 1. The number of ether oxygens (including phenoxy) is 2. The molecule has 4 heteroatoms. The third kappa shape index (κ3) is 4.12. The molecule has 0 aliphatic heterocycles. The van der Waals surface area contributed by atoms with Crippen LogP contribution in [0.5, 0.6) is 11.5 Å². The van der Waals surface area contributed by atoms with E-state index in [4.69, 9.17) is 9.47 Å². The highest BCUT2D eigenvalue weighted by molar-refractivity contribution is 5.43. The van der Waals surface area contributed by atoms with Crippen LogP contribution < -0.4 is 9.47 Å². The first kappa shape index (κ1) is 17.3. The van der Waals surface area contributed by atoms with Gasteiger partial charge in [-0.05, 0) is 44.6 Å². The van der Waals surface area contributed by atoms with Crippen LogP contribution in [-0.2, 0) is 6.42 Å². The Hall–Kier alpha value is -1.73. The molecule has 1 aromatic carbocycles. The zero-order chi connectivity index (χ0) is 15.9. The fourth-order valence-electron chi connectivity index (χ4n) is 2.64. The van der Waals surface area contributed by atoms with Gasteiger partial charge in [0, 0.05) is 6.42 Å². The highest BCUT2D eigenvalue weighted by Gasteiger charge is 2.30. The zero-order valence-corrected chi connectivity index (χ0v) is 13.8. The fraction of sp³-hybridized carbons (Fsp3) is 0.588. The maximum Gasteiger partial charge on any atom is 0.161 e. The minimum Gasteiger partial charge on any atom is -0.493 e. The van der Waals surface area contributed by atoms with Crippen LogP contribution in [0.4, 0.5) is 0 Å². The molecule has 4 nitrogen and oxygen atoms in total. The summed E-state index contributed by atoms with van der Waals surface area (Å²) in [6.07, 6.45) is 0.661. The Balaban J connectivity index is 3.03. The van der Waals surface area contributed by atoms with E-state index in [9.17, 15) is 5.26 Å². The Bertz CT molecular complexity index is 492. The van der Waals surface area contributed by atoms with E-state index in [1.54, 1.807) is 7.11 Å². The van der Waals surface area contributed by atoms with E-state index in [1.165, 1.54) is 0 Å². The second-order valence-electron chi connectivity index (χ2n) is 5.15. The summed E-state index contributed by atoms with van der Waals surface area (Å²) < 4.78 is 10.9. The Morgan fingerprint density at radius 2 is 1.86 bits per heavy atom. The molecule has 0 amide bonds. The van der Waals surface area contributed by atoms with Crippen LogP contribution in [0.1, 0.15) is 33.3 Å². The van der Waals surface area contributed by atoms with E-state index in [2.05, 4.69) is 24.8 Å². The van der Waals surface area contributed by atoms with E-state index in [-0.39, 0.29) is 0 Å². The first-order valence-electron chi connectivity index (χ1n) is 7.50. The molecule has 0 aliphatic carbocycles. The van der Waals surface area contributed by atoms with Crippen molar-refractivity contribution in [2.45, 2.75) is 39.7 Å². The largest absolute Gasteiger partial charge is 0.493 e. The molecule has 0 aromatic heterocycles. The van der Waals surface area contributed by atoms with Crippen molar-refractivity contribution in [2.24, 2.45) is 0 Å². The molecule has 0 spiro atoms. The summed E-state index contributed by atoms with van der Waals surface area (Å²) in [7, 11) is 1.63. The molecule has 0 radical (unpaired) electrons. The van der Waals surface area contributed by atoms with Gasteiger partial charge in [-0.3, -0.25) is 4.90 Å². The minimum absolute atomic E-state index is 0.512. The molecule has 0 heterocycles. The normalized spacial score (nSPS) is 13.6. The molecule has 1 unspecified atom stereocenters. The van der Waals surface area contributed by atoms with Gasteiger partial charge >= 0.3 is 0 Å². The molecular formula is C17H26N2O2. The van der Waals surface area contributed by atoms with Gasteiger partial charge in [-0.25, -0.2) is 0 Å². The van der Waals surface area contributed by atoms with Crippen molar-refractivity contribution in [1.82, 2.24) is 4.90 Å². The van der Waals surface area contributed by atoms with E-state index < -0.39 is 5.54 Å². The number of rotatable bonds is 8. The molecule has 1 rings (SSSR count). The van der Waals surface area contributed by atoms with Gasteiger partial charge in [0.15, 0.2) is 11.5 Å². The Labute approximate surface area is 128 Å². The van der Waals surface area contributed by atoms with Crippen molar-refractivity contribution in [2.75, 3.05) is 26.8 Å². The average Bonchev–Trinajstić information content (AvgIpc) is 2.50. The molecule has 0 bridgehead atoms. The van der Waals surface area contributed by atoms with Crippen molar-refractivity contribution in [3.05, 3.63) is 23.8 Å². The lowest BCUT2D eigenvalue weighted by Gasteiger charge is -2.34. The topological polar surface area (TPSA) is 45.5 Å². The van der Waals surface area contributed by atoms with Crippen LogP contribution in [0.25, 0.3) is 0 Å². The van der Waals surface area contributed by atoms with Crippen molar-refractivity contribution >= 4 is 0 Å². The molecular weight excluding hydrogens is 264 g/mol. The summed E-state index contributed by atoms with van der Waals surface area (Å²) in [6, 6.07) is 8.34. The summed E-state index contributed by atoms with van der Waals surface area (Å²) in [4.78, 5) is 2.18. The number of hydrogen-bond donors (Lipinski definition) is 0. The summed E-state index contributed by atoms with van der Waals surface area (Å²) in [5.41, 5.74) is 0.563. The van der Waals surface area contributed by atoms with Gasteiger partial charge < -0.3 is 9.47 Å². The smallest absolute Gasteiger partial charge is 0.161 e. The first-order chi connectivity index (χ1) is 10.0. The van der Waals surface area contributed by atoms with Crippen molar-refractivity contribution in [1.29, 1.82) is 5.26 Å². The summed E-state index contributed by atoms with van der Waals surface area (Å²) in [5, 5.41) is 9.60. The second-order valence-corrected chi connectivity index (χ2v) is 5.15. The lowest BCUT2D eigenvalue weighted by Crippen LogP contribution is -2.46. The van der Waals surface area contributed by atoms with Crippen LogP contribution in [-0.4, -0.2) is 37.2 Å². The lowest BCUT2D eigenvalue weighted by molar-refractivity contribution is 0.169. The SMILES string of the molecule is CCOc1ccc(CC(C)(C#N)N(CC)CC)cc1OC. The van der Waals surface area contributed by atoms with E-state index in [0.717, 1.165) is 24.4 Å². The average molecular weight is 290 g/mol. The number of nitrogens with zero attached hydrogens (tertiary/aromatic N) is 2. The van der Waals surface area contributed by atoms with Crippen molar-refractivity contribution in [3.63, 3.8) is 0 Å². The van der Waals surface area contributed by atoms with Gasteiger partial charge in [0.2, 0.25) is 0 Å². The van der Waals surface area contributed by atoms with Crippen LogP contribution in [0.15, 0.2) is 18.2 Å². The fourth-order valence-corrected chi connectivity index (χ4v) is 2.64. The molecule has 0 saturated heterocycles. The molecule has 1 aromatic rings. The highest BCUT2D eigenvalue weighted by Crippen LogP contribution is 2.30. The van der Waals surface area contributed by atoms with E-state index in [0.29, 0.717) is 18.8 Å². The Kier molecular flexibility index (Phi) is 6.51. The molecule has 116 valence electrons. The summed E-state index contributed by atoms with van der Waals surface area (Å²) >= 11 is 0. The first-order valence-corrected chi connectivity index (χ1v) is 7.50. The lowest BCUT2D eigenvalue weighted by atomic mass is 9.92. The third-order valence-electron chi connectivity index (χ3n) is 3.78. The monoisotopic (exact) mass is 290 g/mol. The maximum absolute atomic E-state index is 9.60. The van der Waals surface area contributed by atoms with Crippen LogP contribution in [0.2, 0.25) is 0 Å². The summed E-state index contributed by atoms with van der Waals surface area (Å²) in [5.74, 6) is 1.46.